The minimum Gasteiger partial charge on any atom is -0.345 e. The number of nitrogens with one attached hydrogen (secondary N) is 1. The number of hydrogen-bond donors (Lipinski definition) is 2. The van der Waals surface area contributed by atoms with Gasteiger partial charge in [0.2, 0.25) is 0 Å². The van der Waals surface area contributed by atoms with Crippen molar-refractivity contribution in [2.75, 3.05) is 5.75 Å². The first-order chi connectivity index (χ1) is 10.7. The summed E-state index contributed by atoms with van der Waals surface area (Å²) in [7, 11) is 0. The second kappa shape index (κ2) is 8.02. The number of nitrogens with zero attached hydrogens (tertiary/aromatic N) is 1. The van der Waals surface area contributed by atoms with Gasteiger partial charge < -0.3 is 11.1 Å². The quantitative estimate of drug-likeness (QED) is 0.867. The highest BCUT2D eigenvalue weighted by molar-refractivity contribution is 7.99. The van der Waals surface area contributed by atoms with Crippen LogP contribution in [-0.2, 0) is 6.54 Å². The first-order valence-corrected chi connectivity index (χ1v) is 8.42. The molecule has 0 spiro atoms. The van der Waals surface area contributed by atoms with Gasteiger partial charge in [-0.15, -0.1) is 24.2 Å². The Morgan fingerprint density at radius 2 is 2.22 bits per heavy atom. The van der Waals surface area contributed by atoms with Gasteiger partial charge in [-0.3, -0.25) is 9.78 Å². The van der Waals surface area contributed by atoms with E-state index in [4.69, 9.17) is 17.3 Å². The highest BCUT2D eigenvalue weighted by Gasteiger charge is 2.23. The van der Waals surface area contributed by atoms with Crippen LogP contribution in [0.4, 0.5) is 0 Å². The van der Waals surface area contributed by atoms with Gasteiger partial charge >= 0.3 is 0 Å². The standard InChI is InChI=1S/C16H16ClN3OS.ClH/c17-11-1-2-15-13(8-11)14(4-6-22-15)20-16(21)10-3-5-19-12(7-10)9-18;/h1-3,5,7-8,14H,4,6,9,18H2,(H,20,21);1H. The molecule has 3 rings (SSSR count). The number of benzene rings is 1. The Labute approximate surface area is 150 Å². The number of fused-ring (bicyclic) bond motifs is 1. The molecule has 0 radical (unpaired) electrons. The molecular weight excluding hydrogens is 353 g/mol. The number of nitrogens with two attached hydrogens (primary N) is 1. The van der Waals surface area contributed by atoms with Gasteiger partial charge in [-0.2, -0.15) is 0 Å². The van der Waals surface area contributed by atoms with Gasteiger partial charge in [0.15, 0.2) is 0 Å². The van der Waals surface area contributed by atoms with E-state index < -0.39 is 0 Å². The fourth-order valence-electron chi connectivity index (χ4n) is 2.49. The van der Waals surface area contributed by atoms with Crippen LogP contribution in [0.1, 0.15) is 34.1 Å². The number of rotatable bonds is 3. The maximum absolute atomic E-state index is 12.5. The van der Waals surface area contributed by atoms with Crippen LogP contribution in [0.15, 0.2) is 41.4 Å². The highest BCUT2D eigenvalue weighted by atomic mass is 35.5. The second-order valence-electron chi connectivity index (χ2n) is 5.09. The summed E-state index contributed by atoms with van der Waals surface area (Å²) in [6.45, 7) is 0.319. The molecule has 1 aliphatic heterocycles. The highest BCUT2D eigenvalue weighted by Crippen LogP contribution is 2.37. The molecule has 0 saturated heterocycles. The predicted octanol–water partition coefficient (Wildman–Crippen LogP) is 3.58. The zero-order valence-corrected chi connectivity index (χ0v) is 14.7. The fraction of sp³-hybridized carbons (Fsp3) is 0.250. The molecule has 1 aromatic carbocycles. The molecule has 1 unspecified atom stereocenters. The van der Waals surface area contributed by atoms with Crippen molar-refractivity contribution in [2.24, 2.45) is 5.73 Å². The third kappa shape index (κ3) is 4.18. The number of amides is 1. The first-order valence-electron chi connectivity index (χ1n) is 7.05. The van der Waals surface area contributed by atoms with Crippen LogP contribution < -0.4 is 11.1 Å². The summed E-state index contributed by atoms with van der Waals surface area (Å²) >= 11 is 7.88. The molecule has 1 atom stereocenters. The van der Waals surface area contributed by atoms with Crippen molar-refractivity contribution in [1.82, 2.24) is 10.3 Å². The molecule has 3 N–H and O–H groups in total. The van der Waals surface area contributed by atoms with Gasteiger partial charge in [-0.25, -0.2) is 0 Å². The van der Waals surface area contributed by atoms with Crippen LogP contribution in [0.5, 0.6) is 0 Å². The summed E-state index contributed by atoms with van der Waals surface area (Å²) < 4.78 is 0. The number of hydrogen-bond acceptors (Lipinski definition) is 4. The zero-order chi connectivity index (χ0) is 15.5. The van der Waals surface area contributed by atoms with Gasteiger partial charge in [0.1, 0.15) is 0 Å². The lowest BCUT2D eigenvalue weighted by Gasteiger charge is -2.26. The minimum absolute atomic E-state index is 0. The number of halogens is 2. The monoisotopic (exact) mass is 369 g/mol. The molecule has 1 aliphatic rings. The molecule has 0 saturated carbocycles. The van der Waals surface area contributed by atoms with E-state index in [2.05, 4.69) is 10.3 Å². The maximum Gasteiger partial charge on any atom is 0.251 e. The number of thioether (sulfide) groups is 1. The van der Waals surface area contributed by atoms with Crippen molar-refractivity contribution in [2.45, 2.75) is 23.9 Å². The van der Waals surface area contributed by atoms with E-state index in [1.807, 2.05) is 18.2 Å². The van der Waals surface area contributed by atoms with E-state index in [9.17, 15) is 4.79 Å². The first kappa shape index (κ1) is 18.1. The van der Waals surface area contributed by atoms with Crippen molar-refractivity contribution >= 4 is 41.7 Å². The maximum atomic E-state index is 12.5. The van der Waals surface area contributed by atoms with Gasteiger partial charge in [-0.1, -0.05) is 11.6 Å². The lowest BCUT2D eigenvalue weighted by molar-refractivity contribution is 0.0934. The van der Waals surface area contributed by atoms with E-state index in [1.54, 1.807) is 30.1 Å². The van der Waals surface area contributed by atoms with E-state index in [0.717, 1.165) is 17.7 Å². The Bertz CT molecular complexity index is 711. The summed E-state index contributed by atoms with van der Waals surface area (Å²) in [4.78, 5) is 17.7. The van der Waals surface area contributed by atoms with Gasteiger partial charge in [0.25, 0.3) is 5.91 Å². The minimum atomic E-state index is -0.111. The molecule has 1 amide bonds. The Balaban J connectivity index is 0.00000192. The summed E-state index contributed by atoms with van der Waals surface area (Å²) in [6, 6.07) is 9.24. The van der Waals surface area contributed by atoms with Crippen molar-refractivity contribution in [3.63, 3.8) is 0 Å². The number of carbonyl (C=O) groups is 1. The van der Waals surface area contributed by atoms with Gasteiger partial charge in [0, 0.05) is 34.0 Å². The lowest BCUT2D eigenvalue weighted by Crippen LogP contribution is -2.30. The van der Waals surface area contributed by atoms with Crippen molar-refractivity contribution in [1.29, 1.82) is 0 Å². The lowest BCUT2D eigenvalue weighted by atomic mass is 10.0. The largest absolute Gasteiger partial charge is 0.345 e. The van der Waals surface area contributed by atoms with E-state index in [0.29, 0.717) is 22.8 Å². The summed E-state index contributed by atoms with van der Waals surface area (Å²) in [5.41, 5.74) is 7.94. The molecular formula is C16H17Cl2N3OS. The Hall–Kier alpha value is -1.27. The topological polar surface area (TPSA) is 68.0 Å². The van der Waals surface area contributed by atoms with Crippen LogP contribution in [0.3, 0.4) is 0 Å². The number of aromatic nitrogens is 1. The Morgan fingerprint density at radius 3 is 3.00 bits per heavy atom. The number of pyridine rings is 1. The van der Waals surface area contributed by atoms with E-state index in [-0.39, 0.29) is 24.4 Å². The van der Waals surface area contributed by atoms with E-state index in [1.165, 1.54) is 4.90 Å². The molecule has 0 fully saturated rings. The summed E-state index contributed by atoms with van der Waals surface area (Å²) in [5, 5.41) is 3.78. The SMILES string of the molecule is Cl.NCc1cc(C(=O)NC2CCSc3ccc(Cl)cc32)ccn1. The molecule has 4 nitrogen and oxygen atoms in total. The second-order valence-corrected chi connectivity index (χ2v) is 6.66. The summed E-state index contributed by atoms with van der Waals surface area (Å²) in [6.07, 6.45) is 2.50. The smallest absolute Gasteiger partial charge is 0.251 e. The molecule has 23 heavy (non-hydrogen) atoms. The van der Waals surface area contributed by atoms with Crippen LogP contribution in [0.2, 0.25) is 5.02 Å². The van der Waals surface area contributed by atoms with Crippen LogP contribution in [-0.4, -0.2) is 16.6 Å². The van der Waals surface area contributed by atoms with Crippen LogP contribution >= 0.6 is 35.8 Å². The van der Waals surface area contributed by atoms with Crippen LogP contribution in [0, 0.1) is 0 Å². The third-order valence-corrected chi connectivity index (χ3v) is 4.96. The molecule has 2 aromatic rings. The van der Waals surface area contributed by atoms with Gasteiger partial charge in [-0.05, 0) is 42.3 Å². The fourth-order valence-corrected chi connectivity index (χ4v) is 3.77. The predicted molar refractivity (Wildman–Crippen MR) is 96.4 cm³/mol. The van der Waals surface area contributed by atoms with Crippen molar-refractivity contribution < 1.29 is 4.79 Å². The molecule has 122 valence electrons. The zero-order valence-electron chi connectivity index (χ0n) is 12.3. The average Bonchev–Trinajstić information content (AvgIpc) is 2.55. The summed E-state index contributed by atoms with van der Waals surface area (Å²) in [5.74, 6) is 0.865. The molecule has 2 heterocycles. The molecule has 0 bridgehead atoms. The van der Waals surface area contributed by atoms with Crippen LogP contribution in [0.25, 0.3) is 0 Å². The molecule has 1 aromatic heterocycles. The van der Waals surface area contributed by atoms with Gasteiger partial charge in [0.05, 0.1) is 11.7 Å². The third-order valence-electron chi connectivity index (χ3n) is 3.60. The molecule has 0 aliphatic carbocycles. The normalized spacial score (nSPS) is 16.2. The number of carbonyl (C=O) groups excluding carboxylic acids is 1. The van der Waals surface area contributed by atoms with E-state index >= 15 is 0 Å². The Morgan fingerprint density at radius 1 is 1.39 bits per heavy atom. The van der Waals surface area contributed by atoms with Crippen molar-refractivity contribution in [3.05, 3.63) is 58.4 Å². The average molecular weight is 370 g/mol. The molecule has 7 heteroatoms. The Kier molecular flexibility index (Phi) is 6.30. The van der Waals surface area contributed by atoms with Crippen molar-refractivity contribution in [3.8, 4) is 0 Å².